The van der Waals surface area contributed by atoms with Gasteiger partial charge in [-0.3, -0.25) is 0 Å². The Morgan fingerprint density at radius 1 is 0.744 bits per heavy atom. The zero-order valence-electron chi connectivity index (χ0n) is 25.8. The van der Waals surface area contributed by atoms with Gasteiger partial charge in [-0.1, -0.05) is 86.7 Å². The normalized spacial score (nSPS) is 16.7. The molecule has 0 aliphatic carbocycles. The van der Waals surface area contributed by atoms with Crippen LogP contribution in [0.25, 0.3) is 0 Å². The predicted molar refractivity (Wildman–Crippen MR) is 182 cm³/mol. The molecule has 1 aliphatic rings. The van der Waals surface area contributed by atoms with Crippen molar-refractivity contribution in [1.29, 1.82) is 0 Å². The van der Waals surface area contributed by atoms with E-state index < -0.39 is 21.6 Å². The van der Waals surface area contributed by atoms with Crippen molar-refractivity contribution < 1.29 is 23.7 Å². The Bertz CT molecular complexity index is 1380. The Balaban J connectivity index is 1.82. The molecule has 0 bridgehead atoms. The van der Waals surface area contributed by atoms with Crippen molar-refractivity contribution in [3.63, 3.8) is 0 Å². The van der Waals surface area contributed by atoms with Crippen LogP contribution in [0.1, 0.15) is 13.8 Å². The van der Waals surface area contributed by atoms with Crippen LogP contribution < -0.4 is 30.1 Å². The lowest BCUT2D eigenvalue weighted by molar-refractivity contribution is -0.277. The first-order valence-corrected chi connectivity index (χ1v) is 17.6. The Morgan fingerprint density at radius 2 is 1.23 bits per heavy atom. The summed E-state index contributed by atoms with van der Waals surface area (Å²) in [6.45, 7) is 5.14. The Labute approximate surface area is 259 Å². The van der Waals surface area contributed by atoms with E-state index in [1.165, 1.54) is 15.9 Å². The molecule has 1 fully saturated rings. The molecule has 0 aromatic heterocycles. The molecule has 226 valence electrons. The Morgan fingerprint density at radius 3 is 1.74 bits per heavy atom. The highest BCUT2D eigenvalue weighted by Crippen LogP contribution is 2.52. The van der Waals surface area contributed by atoms with Gasteiger partial charge in [-0.25, -0.2) is 0 Å². The number of hydrogen-bond acceptors (Lipinski definition) is 5. The summed E-state index contributed by atoms with van der Waals surface area (Å²) in [6.07, 6.45) is 15.9. The van der Waals surface area contributed by atoms with Gasteiger partial charge in [0.15, 0.2) is 5.79 Å². The van der Waals surface area contributed by atoms with Gasteiger partial charge >= 0.3 is 0 Å². The number of terminal acetylenes is 1. The van der Waals surface area contributed by atoms with Crippen molar-refractivity contribution in [2.75, 3.05) is 53.0 Å². The van der Waals surface area contributed by atoms with Gasteiger partial charge in [-0.15, -0.1) is 6.42 Å². The maximum absolute atomic E-state index is 6.47. The molecule has 1 unspecified atom stereocenters. The Hall–Kier alpha value is -3.12. The first-order chi connectivity index (χ1) is 20.8. The number of benzene rings is 3. The number of rotatable bonds is 13. The predicted octanol–water partition coefficient (Wildman–Crippen LogP) is 6.47. The van der Waals surface area contributed by atoms with E-state index in [-0.39, 0.29) is 5.41 Å². The number of allylic oxidation sites excluding steroid dienone is 4. The minimum Gasteiger partial charge on any atom is -0.496 e. The molecule has 0 saturated carbocycles. The van der Waals surface area contributed by atoms with Crippen molar-refractivity contribution >= 4 is 31.8 Å². The zero-order valence-corrected chi connectivity index (χ0v) is 27.6. The highest BCUT2D eigenvalue weighted by atomic mass is 31.1. The molecule has 0 N–H and O–H groups in total. The third-order valence-electron chi connectivity index (χ3n) is 7.41. The summed E-state index contributed by atoms with van der Waals surface area (Å²) in [5.74, 6) is 4.58. The van der Waals surface area contributed by atoms with E-state index in [1.54, 1.807) is 27.4 Å². The van der Waals surface area contributed by atoms with E-state index in [9.17, 15) is 0 Å². The van der Waals surface area contributed by atoms with Crippen LogP contribution in [0.2, 0.25) is 0 Å². The maximum Gasteiger partial charge on any atom is 0.162 e. The standard InChI is InChI=1S/C36H42O5P2/c1-7-8-9-10-17-24-42(32-21-14-11-18-29(32)37-4)27-36(25-40-35(2,3)41-26-36)28-43(33-22-15-12-19-30(33)38-5)34-23-16-13-20-31(34)39-6/h1,8-23H,24-28H2,2-6H3/b9-8-,17-10-. The van der Waals surface area contributed by atoms with E-state index in [0.717, 1.165) is 35.7 Å². The van der Waals surface area contributed by atoms with Gasteiger partial charge in [0.25, 0.3) is 0 Å². The molecule has 3 aromatic carbocycles. The molecule has 5 nitrogen and oxygen atoms in total. The largest absolute Gasteiger partial charge is 0.496 e. The van der Waals surface area contributed by atoms with Gasteiger partial charge in [0.1, 0.15) is 17.2 Å². The fraction of sp³-hybridized carbons (Fsp3) is 0.333. The van der Waals surface area contributed by atoms with Crippen LogP contribution in [0.4, 0.5) is 0 Å². The van der Waals surface area contributed by atoms with Crippen molar-refractivity contribution in [2.45, 2.75) is 19.6 Å². The van der Waals surface area contributed by atoms with E-state index >= 15 is 0 Å². The molecule has 1 atom stereocenters. The first-order valence-electron chi connectivity index (χ1n) is 14.3. The van der Waals surface area contributed by atoms with Crippen LogP contribution in [-0.4, -0.2) is 58.8 Å². The highest BCUT2D eigenvalue weighted by Gasteiger charge is 2.44. The average molecular weight is 617 g/mol. The molecule has 4 rings (SSSR count). The lowest BCUT2D eigenvalue weighted by Crippen LogP contribution is -2.51. The second-order valence-electron chi connectivity index (χ2n) is 10.9. The van der Waals surface area contributed by atoms with Crippen molar-refractivity contribution in [3.8, 4) is 29.6 Å². The maximum atomic E-state index is 6.47. The molecule has 0 amide bonds. The minimum atomic E-state index is -0.920. The van der Waals surface area contributed by atoms with Gasteiger partial charge in [0.05, 0.1) is 34.5 Å². The van der Waals surface area contributed by atoms with Gasteiger partial charge in [0, 0.05) is 21.3 Å². The third-order valence-corrected chi connectivity index (χ3v) is 13.1. The summed E-state index contributed by atoms with van der Waals surface area (Å²) in [5, 5.41) is 3.58. The third kappa shape index (κ3) is 8.50. The quantitative estimate of drug-likeness (QED) is 0.125. The molecule has 0 spiro atoms. The second kappa shape index (κ2) is 15.6. The molecule has 3 aromatic rings. The molecule has 0 radical (unpaired) electrons. The summed E-state index contributed by atoms with van der Waals surface area (Å²) in [7, 11) is 3.59. The Kier molecular flexibility index (Phi) is 11.9. The van der Waals surface area contributed by atoms with Crippen LogP contribution in [0, 0.1) is 17.8 Å². The van der Waals surface area contributed by atoms with Crippen LogP contribution in [0.5, 0.6) is 17.2 Å². The van der Waals surface area contributed by atoms with Crippen molar-refractivity contribution in [2.24, 2.45) is 5.41 Å². The van der Waals surface area contributed by atoms with Crippen molar-refractivity contribution in [1.82, 2.24) is 0 Å². The monoisotopic (exact) mass is 616 g/mol. The highest BCUT2D eigenvalue weighted by molar-refractivity contribution is 7.73. The topological polar surface area (TPSA) is 46.2 Å². The second-order valence-corrected chi connectivity index (χ2v) is 15.3. The summed E-state index contributed by atoms with van der Waals surface area (Å²) >= 11 is 0. The SMILES string of the molecule is C#C/C=C\C=C/CP(CC1(CP(c2ccccc2OC)c2ccccc2OC)COC(C)(C)OC1)c1ccccc1OC. The zero-order chi connectivity index (χ0) is 30.7. The van der Waals surface area contributed by atoms with Crippen LogP contribution in [-0.2, 0) is 9.47 Å². The van der Waals surface area contributed by atoms with Crippen LogP contribution >= 0.6 is 15.8 Å². The number of para-hydroxylation sites is 3. The summed E-state index contributed by atoms with van der Waals surface area (Å²) < 4.78 is 30.6. The fourth-order valence-corrected chi connectivity index (χ4v) is 11.1. The fourth-order valence-electron chi connectivity index (χ4n) is 5.23. The van der Waals surface area contributed by atoms with Crippen LogP contribution in [0.15, 0.2) is 97.1 Å². The molecule has 43 heavy (non-hydrogen) atoms. The number of methoxy groups -OCH3 is 3. The number of hydrogen-bond donors (Lipinski definition) is 0. The molecular formula is C36H42O5P2. The van der Waals surface area contributed by atoms with Gasteiger partial charge in [-0.2, -0.15) is 0 Å². The molecule has 7 heteroatoms. The van der Waals surface area contributed by atoms with Crippen molar-refractivity contribution in [3.05, 3.63) is 97.1 Å². The van der Waals surface area contributed by atoms with Gasteiger partial charge < -0.3 is 23.7 Å². The molecule has 1 heterocycles. The first kappa shape index (κ1) is 32.8. The number of ether oxygens (including phenoxy) is 5. The molecule has 1 aliphatic heterocycles. The summed E-state index contributed by atoms with van der Waals surface area (Å²) in [5.41, 5.74) is -0.280. The minimum absolute atomic E-state index is 0.280. The summed E-state index contributed by atoms with van der Waals surface area (Å²) in [4.78, 5) is 0. The van der Waals surface area contributed by atoms with E-state index in [1.807, 2.05) is 62.4 Å². The molecular weight excluding hydrogens is 574 g/mol. The van der Waals surface area contributed by atoms with E-state index in [2.05, 4.69) is 48.4 Å². The molecule has 1 saturated heterocycles. The lowest BCUT2D eigenvalue weighted by atomic mass is 9.94. The van der Waals surface area contributed by atoms with Gasteiger partial charge in [0.2, 0.25) is 0 Å². The van der Waals surface area contributed by atoms with E-state index in [0.29, 0.717) is 13.2 Å². The smallest absolute Gasteiger partial charge is 0.162 e. The van der Waals surface area contributed by atoms with E-state index in [4.69, 9.17) is 30.1 Å². The average Bonchev–Trinajstić information content (AvgIpc) is 3.04. The van der Waals surface area contributed by atoms with Crippen LogP contribution in [0.3, 0.4) is 0 Å². The lowest BCUT2D eigenvalue weighted by Gasteiger charge is -2.46. The summed E-state index contributed by atoms with van der Waals surface area (Å²) in [6, 6.07) is 25.0. The van der Waals surface area contributed by atoms with Gasteiger partial charge in [-0.05, 0) is 64.5 Å².